The summed E-state index contributed by atoms with van der Waals surface area (Å²) in [5.41, 5.74) is 2.51. The molecule has 94 valence electrons. The highest BCUT2D eigenvalue weighted by Gasteiger charge is 2.31. The highest BCUT2D eigenvalue weighted by atomic mass is 15.3. The van der Waals surface area contributed by atoms with Crippen molar-refractivity contribution in [2.75, 3.05) is 0 Å². The molecule has 3 rings (SSSR count). The van der Waals surface area contributed by atoms with E-state index >= 15 is 0 Å². The van der Waals surface area contributed by atoms with Crippen molar-refractivity contribution in [3.8, 4) is 0 Å². The van der Waals surface area contributed by atoms with Gasteiger partial charge in [-0.3, -0.25) is 4.68 Å². The van der Waals surface area contributed by atoms with Crippen LogP contribution in [-0.2, 0) is 13.6 Å². The van der Waals surface area contributed by atoms with Crippen molar-refractivity contribution < 1.29 is 0 Å². The van der Waals surface area contributed by atoms with Gasteiger partial charge in [0.25, 0.3) is 0 Å². The van der Waals surface area contributed by atoms with Gasteiger partial charge in [0, 0.05) is 25.8 Å². The number of hydrogen-bond donors (Lipinski definition) is 1. The number of aromatic nitrogens is 2. The zero-order chi connectivity index (χ0) is 12.4. The standard InChI is InChI=1S/C15H19N3/c1-18-10-9-14(17-18)11-16-15(13-7-8-13)12-5-3-2-4-6-12/h2-6,9-10,13,15-16H,7-8,11H2,1H3. The minimum atomic E-state index is 0.480. The van der Waals surface area contributed by atoms with E-state index in [2.05, 4.69) is 46.8 Å². The molecular formula is C15H19N3. The van der Waals surface area contributed by atoms with E-state index in [9.17, 15) is 0 Å². The van der Waals surface area contributed by atoms with Crippen LogP contribution in [0, 0.1) is 5.92 Å². The molecule has 2 aromatic rings. The van der Waals surface area contributed by atoms with Crippen LogP contribution in [0.5, 0.6) is 0 Å². The number of nitrogens with one attached hydrogen (secondary N) is 1. The first-order valence-electron chi connectivity index (χ1n) is 6.60. The molecule has 0 amide bonds. The predicted octanol–water partition coefficient (Wildman–Crippen LogP) is 2.66. The van der Waals surface area contributed by atoms with Crippen LogP contribution >= 0.6 is 0 Å². The lowest BCUT2D eigenvalue weighted by Crippen LogP contribution is -2.22. The summed E-state index contributed by atoms with van der Waals surface area (Å²) in [6, 6.07) is 13.3. The normalized spacial score (nSPS) is 16.7. The average molecular weight is 241 g/mol. The van der Waals surface area contributed by atoms with Crippen molar-refractivity contribution in [1.29, 1.82) is 0 Å². The molecule has 0 bridgehead atoms. The number of rotatable bonds is 5. The molecule has 1 heterocycles. The van der Waals surface area contributed by atoms with Gasteiger partial charge in [0.1, 0.15) is 0 Å². The lowest BCUT2D eigenvalue weighted by Gasteiger charge is -2.18. The molecule has 1 aliphatic carbocycles. The number of benzene rings is 1. The smallest absolute Gasteiger partial charge is 0.0762 e. The lowest BCUT2D eigenvalue weighted by molar-refractivity contribution is 0.474. The summed E-state index contributed by atoms with van der Waals surface area (Å²) < 4.78 is 1.85. The summed E-state index contributed by atoms with van der Waals surface area (Å²) in [7, 11) is 1.96. The van der Waals surface area contributed by atoms with E-state index in [1.165, 1.54) is 18.4 Å². The Bertz CT molecular complexity index is 499. The minimum absolute atomic E-state index is 0.480. The molecule has 1 unspecified atom stereocenters. The topological polar surface area (TPSA) is 29.9 Å². The number of nitrogens with zero attached hydrogens (tertiary/aromatic N) is 2. The van der Waals surface area contributed by atoms with Crippen molar-refractivity contribution in [2.45, 2.75) is 25.4 Å². The Hall–Kier alpha value is -1.61. The largest absolute Gasteiger partial charge is 0.304 e. The maximum Gasteiger partial charge on any atom is 0.0762 e. The third kappa shape index (κ3) is 2.62. The molecule has 1 atom stereocenters. The number of aryl methyl sites for hydroxylation is 1. The van der Waals surface area contributed by atoms with E-state index in [0.717, 1.165) is 18.2 Å². The third-order valence-corrected chi connectivity index (χ3v) is 3.52. The summed E-state index contributed by atoms with van der Waals surface area (Å²) >= 11 is 0. The van der Waals surface area contributed by atoms with E-state index in [0.29, 0.717) is 6.04 Å². The Kier molecular flexibility index (Phi) is 3.15. The van der Waals surface area contributed by atoms with E-state index in [1.54, 1.807) is 0 Å². The Morgan fingerprint density at radius 2 is 2.06 bits per heavy atom. The van der Waals surface area contributed by atoms with Crippen LogP contribution in [0.2, 0.25) is 0 Å². The second-order valence-corrected chi connectivity index (χ2v) is 5.09. The van der Waals surface area contributed by atoms with Crippen LogP contribution < -0.4 is 5.32 Å². The summed E-state index contributed by atoms with van der Waals surface area (Å²) in [5, 5.41) is 8.06. The van der Waals surface area contributed by atoms with Gasteiger partial charge < -0.3 is 5.32 Å². The van der Waals surface area contributed by atoms with Crippen molar-refractivity contribution in [3.05, 3.63) is 53.9 Å². The maximum atomic E-state index is 4.41. The van der Waals surface area contributed by atoms with Gasteiger partial charge in [0.05, 0.1) is 5.69 Å². The molecule has 0 aliphatic heterocycles. The van der Waals surface area contributed by atoms with Gasteiger partial charge in [-0.2, -0.15) is 5.10 Å². The van der Waals surface area contributed by atoms with Crippen molar-refractivity contribution in [1.82, 2.24) is 15.1 Å². The second kappa shape index (κ2) is 4.94. The average Bonchev–Trinajstić information content (AvgIpc) is 3.14. The third-order valence-electron chi connectivity index (χ3n) is 3.52. The maximum absolute atomic E-state index is 4.41. The molecule has 3 heteroatoms. The highest BCUT2D eigenvalue weighted by molar-refractivity contribution is 5.21. The fourth-order valence-electron chi connectivity index (χ4n) is 2.42. The summed E-state index contributed by atoms with van der Waals surface area (Å²) in [5.74, 6) is 0.802. The van der Waals surface area contributed by atoms with Gasteiger partial charge in [-0.15, -0.1) is 0 Å². The molecule has 1 N–H and O–H groups in total. The first kappa shape index (κ1) is 11.5. The van der Waals surface area contributed by atoms with Crippen LogP contribution in [0.25, 0.3) is 0 Å². The van der Waals surface area contributed by atoms with E-state index in [-0.39, 0.29) is 0 Å². The van der Waals surface area contributed by atoms with Gasteiger partial charge in [-0.1, -0.05) is 30.3 Å². The van der Waals surface area contributed by atoms with Crippen molar-refractivity contribution >= 4 is 0 Å². The van der Waals surface area contributed by atoms with Crippen LogP contribution in [0.15, 0.2) is 42.6 Å². The summed E-state index contributed by atoms with van der Waals surface area (Å²) in [4.78, 5) is 0. The highest BCUT2D eigenvalue weighted by Crippen LogP contribution is 2.40. The molecule has 1 aromatic heterocycles. The molecule has 0 spiro atoms. The Morgan fingerprint density at radius 1 is 1.28 bits per heavy atom. The zero-order valence-corrected chi connectivity index (χ0v) is 10.7. The second-order valence-electron chi connectivity index (χ2n) is 5.09. The number of hydrogen-bond acceptors (Lipinski definition) is 2. The first-order chi connectivity index (χ1) is 8.83. The summed E-state index contributed by atoms with van der Waals surface area (Å²) in [6.45, 7) is 0.844. The Labute approximate surface area is 108 Å². The van der Waals surface area contributed by atoms with Gasteiger partial charge in [-0.05, 0) is 30.4 Å². The van der Waals surface area contributed by atoms with Crippen LogP contribution in [0.1, 0.15) is 30.1 Å². The molecular weight excluding hydrogens is 222 g/mol. The monoisotopic (exact) mass is 241 g/mol. The Morgan fingerprint density at radius 3 is 2.67 bits per heavy atom. The lowest BCUT2D eigenvalue weighted by atomic mass is 10.0. The molecule has 18 heavy (non-hydrogen) atoms. The fraction of sp³-hybridized carbons (Fsp3) is 0.400. The van der Waals surface area contributed by atoms with E-state index in [4.69, 9.17) is 0 Å². The Balaban J connectivity index is 1.68. The zero-order valence-electron chi connectivity index (χ0n) is 10.7. The van der Waals surface area contributed by atoms with Crippen LogP contribution in [0.4, 0.5) is 0 Å². The SMILES string of the molecule is Cn1ccc(CNC(c2ccccc2)C2CC2)n1. The van der Waals surface area contributed by atoms with Crippen LogP contribution in [0.3, 0.4) is 0 Å². The summed E-state index contributed by atoms with van der Waals surface area (Å²) in [6.07, 6.45) is 4.68. The van der Waals surface area contributed by atoms with Crippen molar-refractivity contribution in [3.63, 3.8) is 0 Å². The van der Waals surface area contributed by atoms with Gasteiger partial charge >= 0.3 is 0 Å². The van der Waals surface area contributed by atoms with Gasteiger partial charge in [-0.25, -0.2) is 0 Å². The molecule has 1 fully saturated rings. The molecule has 1 aliphatic rings. The molecule has 0 saturated heterocycles. The molecule has 0 radical (unpaired) electrons. The van der Waals surface area contributed by atoms with Crippen LogP contribution in [-0.4, -0.2) is 9.78 Å². The molecule has 1 saturated carbocycles. The molecule has 1 aromatic carbocycles. The van der Waals surface area contributed by atoms with Gasteiger partial charge in [0.15, 0.2) is 0 Å². The molecule has 3 nitrogen and oxygen atoms in total. The fourth-order valence-corrected chi connectivity index (χ4v) is 2.42. The van der Waals surface area contributed by atoms with Crippen molar-refractivity contribution in [2.24, 2.45) is 13.0 Å². The quantitative estimate of drug-likeness (QED) is 0.872. The van der Waals surface area contributed by atoms with Gasteiger partial charge in [0.2, 0.25) is 0 Å². The first-order valence-corrected chi connectivity index (χ1v) is 6.60. The van der Waals surface area contributed by atoms with E-state index < -0.39 is 0 Å². The van der Waals surface area contributed by atoms with E-state index in [1.807, 2.05) is 17.9 Å². The minimum Gasteiger partial charge on any atom is -0.304 e. The predicted molar refractivity (Wildman–Crippen MR) is 72.0 cm³/mol.